The van der Waals surface area contributed by atoms with Gasteiger partial charge < -0.3 is 4.90 Å². The van der Waals surface area contributed by atoms with E-state index in [0.29, 0.717) is 6.42 Å². The minimum atomic E-state index is -0.168. The maximum Gasteiger partial charge on any atom is 0.228 e. The zero-order valence-electron chi connectivity index (χ0n) is 9.92. The van der Waals surface area contributed by atoms with Gasteiger partial charge in [-0.1, -0.05) is 19.8 Å². The molecule has 3 nitrogen and oxygen atoms in total. The van der Waals surface area contributed by atoms with E-state index in [1.54, 1.807) is 4.90 Å². The normalized spacial score (nSPS) is 20.7. The van der Waals surface area contributed by atoms with Crippen molar-refractivity contribution in [1.29, 1.82) is 5.26 Å². The Labute approximate surface area is 92.1 Å². The Morgan fingerprint density at radius 3 is 2.53 bits per heavy atom. The van der Waals surface area contributed by atoms with Crippen LogP contribution in [-0.4, -0.2) is 23.9 Å². The second-order valence-electron chi connectivity index (χ2n) is 4.90. The molecule has 1 atom stereocenters. The average molecular weight is 208 g/mol. The molecule has 0 aliphatic heterocycles. The zero-order valence-corrected chi connectivity index (χ0v) is 9.92. The van der Waals surface area contributed by atoms with Crippen molar-refractivity contribution in [3.8, 4) is 6.07 Å². The predicted molar refractivity (Wildman–Crippen MR) is 59.0 cm³/mol. The molecule has 0 spiro atoms. The highest BCUT2D eigenvalue weighted by atomic mass is 16.2. The maximum atomic E-state index is 12.2. The van der Waals surface area contributed by atoms with Gasteiger partial charge in [-0.25, -0.2) is 0 Å². The van der Waals surface area contributed by atoms with Crippen molar-refractivity contribution in [2.45, 2.75) is 52.0 Å². The van der Waals surface area contributed by atoms with Crippen molar-refractivity contribution in [2.24, 2.45) is 5.41 Å². The summed E-state index contributed by atoms with van der Waals surface area (Å²) >= 11 is 0. The van der Waals surface area contributed by atoms with Crippen LogP contribution in [0.5, 0.6) is 0 Å². The van der Waals surface area contributed by atoms with E-state index in [2.05, 4.69) is 13.0 Å². The summed E-state index contributed by atoms with van der Waals surface area (Å²) in [5.74, 6) is 0.211. The first kappa shape index (κ1) is 12.0. The quantitative estimate of drug-likeness (QED) is 0.714. The fraction of sp³-hybridized carbons (Fsp3) is 0.833. The molecule has 1 unspecified atom stereocenters. The topological polar surface area (TPSA) is 44.1 Å². The zero-order chi connectivity index (χ0) is 11.5. The second-order valence-corrected chi connectivity index (χ2v) is 4.90. The SMILES string of the molecule is CC(CC#N)N(C)C(=O)C1(C)CCCC1. The van der Waals surface area contributed by atoms with E-state index in [-0.39, 0.29) is 17.4 Å². The minimum Gasteiger partial charge on any atom is -0.342 e. The average Bonchev–Trinajstić information content (AvgIpc) is 2.64. The molecule has 3 heteroatoms. The molecule has 0 bridgehead atoms. The van der Waals surface area contributed by atoms with E-state index < -0.39 is 0 Å². The predicted octanol–water partition coefficient (Wildman–Crippen LogP) is 2.33. The summed E-state index contributed by atoms with van der Waals surface area (Å²) in [5.41, 5.74) is -0.168. The first-order valence-corrected chi connectivity index (χ1v) is 5.65. The summed E-state index contributed by atoms with van der Waals surface area (Å²) in [6.07, 6.45) is 4.72. The van der Waals surface area contributed by atoms with Gasteiger partial charge in [-0.3, -0.25) is 4.79 Å². The Morgan fingerprint density at radius 2 is 2.07 bits per heavy atom. The second kappa shape index (κ2) is 4.65. The Morgan fingerprint density at radius 1 is 1.53 bits per heavy atom. The van der Waals surface area contributed by atoms with Gasteiger partial charge in [0.05, 0.1) is 12.5 Å². The number of carbonyl (C=O) groups is 1. The molecule has 0 aromatic heterocycles. The van der Waals surface area contributed by atoms with Gasteiger partial charge in [0.2, 0.25) is 5.91 Å². The van der Waals surface area contributed by atoms with Crippen LogP contribution < -0.4 is 0 Å². The van der Waals surface area contributed by atoms with Crippen LogP contribution in [0.15, 0.2) is 0 Å². The van der Waals surface area contributed by atoms with E-state index in [1.807, 2.05) is 14.0 Å². The lowest BCUT2D eigenvalue weighted by Crippen LogP contribution is -2.43. The molecular formula is C12H20N2O. The number of hydrogen-bond acceptors (Lipinski definition) is 2. The van der Waals surface area contributed by atoms with Crippen LogP contribution in [0, 0.1) is 16.7 Å². The summed E-state index contributed by atoms with van der Waals surface area (Å²) in [4.78, 5) is 13.9. The molecule has 1 fully saturated rings. The minimum absolute atomic E-state index is 0.0277. The lowest BCUT2D eigenvalue weighted by molar-refractivity contribution is -0.141. The summed E-state index contributed by atoms with van der Waals surface area (Å²) < 4.78 is 0. The summed E-state index contributed by atoms with van der Waals surface area (Å²) in [6, 6.07) is 2.14. The van der Waals surface area contributed by atoms with Crippen molar-refractivity contribution in [3.05, 3.63) is 0 Å². The van der Waals surface area contributed by atoms with Crippen molar-refractivity contribution < 1.29 is 4.79 Å². The molecule has 0 heterocycles. The highest BCUT2D eigenvalue weighted by molar-refractivity contribution is 5.82. The van der Waals surface area contributed by atoms with E-state index in [9.17, 15) is 4.79 Å². The fourth-order valence-electron chi connectivity index (χ4n) is 2.26. The number of nitriles is 1. The van der Waals surface area contributed by atoms with E-state index >= 15 is 0 Å². The van der Waals surface area contributed by atoms with Gasteiger partial charge in [-0.2, -0.15) is 5.26 Å². The smallest absolute Gasteiger partial charge is 0.228 e. The molecule has 1 amide bonds. The molecule has 1 aliphatic carbocycles. The number of rotatable bonds is 3. The molecule has 1 saturated carbocycles. The summed E-state index contributed by atoms with van der Waals surface area (Å²) in [6.45, 7) is 3.98. The molecule has 15 heavy (non-hydrogen) atoms. The van der Waals surface area contributed by atoms with Gasteiger partial charge >= 0.3 is 0 Å². The van der Waals surface area contributed by atoms with Crippen LogP contribution in [0.1, 0.15) is 46.0 Å². The number of amides is 1. The molecule has 1 rings (SSSR count). The van der Waals surface area contributed by atoms with E-state index in [0.717, 1.165) is 25.7 Å². The van der Waals surface area contributed by atoms with Crippen LogP contribution in [0.2, 0.25) is 0 Å². The van der Waals surface area contributed by atoms with Gasteiger partial charge in [0.15, 0.2) is 0 Å². The molecule has 1 aliphatic rings. The Hall–Kier alpha value is -1.04. The Balaban J connectivity index is 2.63. The third kappa shape index (κ3) is 2.50. The van der Waals surface area contributed by atoms with Crippen LogP contribution in [0.4, 0.5) is 0 Å². The molecule has 0 N–H and O–H groups in total. The van der Waals surface area contributed by atoms with Gasteiger partial charge in [0.1, 0.15) is 0 Å². The lowest BCUT2D eigenvalue weighted by Gasteiger charge is -2.32. The summed E-state index contributed by atoms with van der Waals surface area (Å²) in [5, 5.41) is 8.61. The first-order chi connectivity index (χ1) is 7.01. The Kier molecular flexibility index (Phi) is 3.73. The molecule has 0 saturated heterocycles. The molecular weight excluding hydrogens is 188 g/mol. The summed E-state index contributed by atoms with van der Waals surface area (Å²) in [7, 11) is 1.81. The standard InChI is InChI=1S/C12H20N2O/c1-10(6-9-13)14(3)11(15)12(2)7-4-5-8-12/h10H,4-8H2,1-3H3. The largest absolute Gasteiger partial charge is 0.342 e. The van der Waals surface area contributed by atoms with E-state index in [1.165, 1.54) is 0 Å². The number of carbonyl (C=O) groups excluding carboxylic acids is 1. The Bertz CT molecular complexity index is 274. The van der Waals surface area contributed by atoms with Crippen molar-refractivity contribution >= 4 is 5.91 Å². The van der Waals surface area contributed by atoms with Crippen LogP contribution in [0.25, 0.3) is 0 Å². The molecule has 0 aromatic carbocycles. The fourth-order valence-corrected chi connectivity index (χ4v) is 2.26. The van der Waals surface area contributed by atoms with Gasteiger partial charge in [-0.05, 0) is 19.8 Å². The van der Waals surface area contributed by atoms with Gasteiger partial charge in [0, 0.05) is 18.5 Å². The van der Waals surface area contributed by atoms with Crippen molar-refractivity contribution in [3.63, 3.8) is 0 Å². The number of hydrogen-bond donors (Lipinski definition) is 0. The molecule has 0 radical (unpaired) electrons. The molecule has 0 aromatic rings. The lowest BCUT2D eigenvalue weighted by atomic mass is 9.87. The van der Waals surface area contributed by atoms with Gasteiger partial charge in [0.25, 0.3) is 0 Å². The first-order valence-electron chi connectivity index (χ1n) is 5.65. The van der Waals surface area contributed by atoms with E-state index in [4.69, 9.17) is 5.26 Å². The third-order valence-corrected chi connectivity index (χ3v) is 3.59. The third-order valence-electron chi connectivity index (χ3n) is 3.59. The van der Waals surface area contributed by atoms with Crippen molar-refractivity contribution in [1.82, 2.24) is 4.90 Å². The highest BCUT2D eigenvalue weighted by Crippen LogP contribution is 2.39. The maximum absolute atomic E-state index is 12.2. The van der Waals surface area contributed by atoms with Gasteiger partial charge in [-0.15, -0.1) is 0 Å². The van der Waals surface area contributed by atoms with Crippen LogP contribution in [0.3, 0.4) is 0 Å². The highest BCUT2D eigenvalue weighted by Gasteiger charge is 2.38. The van der Waals surface area contributed by atoms with Crippen LogP contribution >= 0.6 is 0 Å². The monoisotopic (exact) mass is 208 g/mol. The van der Waals surface area contributed by atoms with Crippen LogP contribution in [-0.2, 0) is 4.79 Å². The molecule has 84 valence electrons. The number of nitrogens with zero attached hydrogens (tertiary/aromatic N) is 2. The van der Waals surface area contributed by atoms with Crippen molar-refractivity contribution in [2.75, 3.05) is 7.05 Å².